The molecule has 2 aliphatic rings. The van der Waals surface area contributed by atoms with Crippen LogP contribution in [0, 0.1) is 11.8 Å². The van der Waals surface area contributed by atoms with Crippen molar-refractivity contribution in [2.75, 3.05) is 39.1 Å². The van der Waals surface area contributed by atoms with Crippen molar-refractivity contribution in [1.29, 1.82) is 0 Å². The fraction of sp³-hybridized carbons (Fsp3) is 0.680. The Balaban J connectivity index is 1.87. The molecule has 0 aromatic heterocycles. The third kappa shape index (κ3) is 6.23. The Morgan fingerprint density at radius 2 is 2.00 bits per heavy atom. The summed E-state index contributed by atoms with van der Waals surface area (Å²) in [5.74, 6) is 0.871. The minimum atomic E-state index is -0.263. The number of ether oxygens (including phenoxy) is 1. The van der Waals surface area contributed by atoms with E-state index in [-0.39, 0.29) is 48.8 Å². The molecule has 0 unspecified atom stereocenters. The average molecular weight is 446 g/mol. The van der Waals surface area contributed by atoms with Gasteiger partial charge in [0.1, 0.15) is 11.9 Å². The third-order valence-electron chi connectivity index (χ3n) is 6.71. The normalized spacial score (nSPS) is 23.6. The SMILES string of the molecule is C[C@H](CO)N1C[C@H](C)[C@@H](CN(C)C)Oc2ccc(NC(=O)C3CCCCC3)cc2CC1=O. The van der Waals surface area contributed by atoms with Gasteiger partial charge in [0.15, 0.2) is 0 Å². The van der Waals surface area contributed by atoms with Gasteiger partial charge in [-0.15, -0.1) is 0 Å². The Morgan fingerprint density at radius 1 is 1.28 bits per heavy atom. The minimum Gasteiger partial charge on any atom is -0.488 e. The first-order valence-electron chi connectivity index (χ1n) is 11.9. The first kappa shape index (κ1) is 24.5. The van der Waals surface area contributed by atoms with Crippen LogP contribution >= 0.6 is 0 Å². The molecule has 2 amide bonds. The lowest BCUT2D eigenvalue weighted by Gasteiger charge is -2.33. The zero-order chi connectivity index (χ0) is 23.3. The van der Waals surface area contributed by atoms with Crippen LogP contribution in [0.1, 0.15) is 51.5 Å². The Labute approximate surface area is 192 Å². The molecule has 7 heteroatoms. The van der Waals surface area contributed by atoms with E-state index >= 15 is 0 Å². The van der Waals surface area contributed by atoms with Gasteiger partial charge in [-0.3, -0.25) is 9.59 Å². The van der Waals surface area contributed by atoms with E-state index in [4.69, 9.17) is 4.74 Å². The van der Waals surface area contributed by atoms with E-state index in [1.54, 1.807) is 4.90 Å². The van der Waals surface area contributed by atoms with Gasteiger partial charge in [-0.25, -0.2) is 0 Å². The molecule has 2 N–H and O–H groups in total. The number of hydrogen-bond acceptors (Lipinski definition) is 5. The van der Waals surface area contributed by atoms with E-state index in [0.717, 1.165) is 37.8 Å². The van der Waals surface area contributed by atoms with Crippen LogP contribution in [-0.2, 0) is 16.0 Å². The lowest BCUT2D eigenvalue weighted by atomic mass is 9.88. The standard InChI is InChI=1S/C25H39N3O4/c1-17-14-28(18(2)16-29)24(30)13-20-12-21(26-25(31)19-8-6-5-7-9-19)10-11-22(20)32-23(17)15-27(3)4/h10-12,17-19,23,29H,5-9,13-16H2,1-4H3,(H,26,31)/t17-,18+,23+/m0/s1. The van der Waals surface area contributed by atoms with Gasteiger partial charge in [0.05, 0.1) is 19.1 Å². The molecule has 1 aromatic carbocycles. The van der Waals surface area contributed by atoms with Gasteiger partial charge < -0.3 is 25.0 Å². The number of nitrogens with zero attached hydrogens (tertiary/aromatic N) is 2. The molecule has 1 aliphatic carbocycles. The van der Waals surface area contributed by atoms with E-state index in [0.29, 0.717) is 18.0 Å². The Kier molecular flexibility index (Phi) is 8.54. The number of likely N-dealkylation sites (N-methyl/N-ethyl adjacent to an activating group) is 1. The van der Waals surface area contributed by atoms with Crippen LogP contribution in [0.15, 0.2) is 18.2 Å². The predicted octanol–water partition coefficient (Wildman–Crippen LogP) is 2.92. The maximum absolute atomic E-state index is 13.2. The van der Waals surface area contributed by atoms with Gasteiger partial charge in [-0.1, -0.05) is 26.2 Å². The molecular formula is C25H39N3O4. The first-order valence-corrected chi connectivity index (χ1v) is 11.9. The van der Waals surface area contributed by atoms with Gasteiger partial charge in [0.25, 0.3) is 0 Å². The molecule has 1 aromatic rings. The summed E-state index contributed by atoms with van der Waals surface area (Å²) >= 11 is 0. The molecule has 7 nitrogen and oxygen atoms in total. The lowest BCUT2D eigenvalue weighted by Crippen LogP contribution is -2.47. The number of amides is 2. The highest BCUT2D eigenvalue weighted by Gasteiger charge is 2.31. The van der Waals surface area contributed by atoms with Crippen LogP contribution in [0.2, 0.25) is 0 Å². The average Bonchev–Trinajstić information content (AvgIpc) is 2.81. The molecule has 32 heavy (non-hydrogen) atoms. The summed E-state index contributed by atoms with van der Waals surface area (Å²) < 4.78 is 6.43. The van der Waals surface area contributed by atoms with Crippen LogP contribution in [0.3, 0.4) is 0 Å². The summed E-state index contributed by atoms with van der Waals surface area (Å²) in [6.07, 6.45) is 5.37. The molecule has 0 spiro atoms. The molecule has 0 radical (unpaired) electrons. The van der Waals surface area contributed by atoms with Crippen molar-refractivity contribution in [3.8, 4) is 5.75 Å². The highest BCUT2D eigenvalue weighted by atomic mass is 16.5. The summed E-state index contributed by atoms with van der Waals surface area (Å²) in [5, 5.41) is 12.8. The third-order valence-corrected chi connectivity index (χ3v) is 6.71. The van der Waals surface area contributed by atoms with Crippen molar-refractivity contribution < 1.29 is 19.4 Å². The van der Waals surface area contributed by atoms with Crippen LogP contribution in [0.4, 0.5) is 5.69 Å². The Hall–Kier alpha value is -2.12. The highest BCUT2D eigenvalue weighted by molar-refractivity contribution is 5.93. The van der Waals surface area contributed by atoms with E-state index in [9.17, 15) is 14.7 Å². The number of hydrogen-bond donors (Lipinski definition) is 2. The molecule has 0 bridgehead atoms. The van der Waals surface area contributed by atoms with Gasteiger partial charge >= 0.3 is 0 Å². The minimum absolute atomic E-state index is 0.0375. The predicted molar refractivity (Wildman–Crippen MR) is 126 cm³/mol. The maximum atomic E-state index is 13.2. The summed E-state index contributed by atoms with van der Waals surface area (Å²) in [5.41, 5.74) is 1.47. The monoisotopic (exact) mass is 445 g/mol. The van der Waals surface area contributed by atoms with Crippen molar-refractivity contribution in [3.63, 3.8) is 0 Å². The lowest BCUT2D eigenvalue weighted by molar-refractivity contribution is -0.134. The molecular weight excluding hydrogens is 406 g/mol. The molecule has 3 atom stereocenters. The van der Waals surface area contributed by atoms with Crippen LogP contribution in [0.5, 0.6) is 5.75 Å². The van der Waals surface area contributed by atoms with Gasteiger partial charge in [0, 0.05) is 36.2 Å². The summed E-state index contributed by atoms with van der Waals surface area (Å²) in [7, 11) is 4.01. The van der Waals surface area contributed by atoms with E-state index in [1.807, 2.05) is 39.2 Å². The highest BCUT2D eigenvalue weighted by Crippen LogP contribution is 2.30. The Bertz CT molecular complexity index is 791. The maximum Gasteiger partial charge on any atom is 0.227 e. The van der Waals surface area contributed by atoms with E-state index in [1.165, 1.54) is 6.42 Å². The van der Waals surface area contributed by atoms with Gasteiger partial charge in [-0.2, -0.15) is 0 Å². The van der Waals surface area contributed by atoms with E-state index < -0.39 is 0 Å². The largest absolute Gasteiger partial charge is 0.488 e. The number of rotatable bonds is 6. The van der Waals surface area contributed by atoms with Crippen molar-refractivity contribution >= 4 is 17.5 Å². The van der Waals surface area contributed by atoms with Crippen molar-refractivity contribution in [2.24, 2.45) is 11.8 Å². The number of aliphatic hydroxyl groups excluding tert-OH is 1. The summed E-state index contributed by atoms with van der Waals surface area (Å²) in [6.45, 7) is 5.12. The van der Waals surface area contributed by atoms with Gasteiger partial charge in [0.2, 0.25) is 11.8 Å². The molecule has 3 rings (SSSR count). The van der Waals surface area contributed by atoms with Crippen molar-refractivity contribution in [3.05, 3.63) is 23.8 Å². The van der Waals surface area contributed by atoms with Crippen molar-refractivity contribution in [2.45, 2.75) is 64.5 Å². The number of anilines is 1. The topological polar surface area (TPSA) is 82.1 Å². The zero-order valence-electron chi connectivity index (χ0n) is 20.0. The number of aliphatic hydroxyl groups is 1. The number of nitrogens with one attached hydrogen (secondary N) is 1. The molecule has 1 heterocycles. The molecule has 1 aliphatic heterocycles. The fourth-order valence-corrected chi connectivity index (χ4v) is 4.69. The smallest absolute Gasteiger partial charge is 0.227 e. The van der Waals surface area contributed by atoms with Crippen LogP contribution in [0.25, 0.3) is 0 Å². The molecule has 0 saturated heterocycles. The number of carbonyl (C=O) groups excluding carboxylic acids is 2. The first-order chi connectivity index (χ1) is 15.3. The molecule has 1 fully saturated rings. The van der Waals surface area contributed by atoms with E-state index in [2.05, 4.69) is 17.1 Å². The molecule has 178 valence electrons. The van der Waals surface area contributed by atoms with Gasteiger partial charge in [-0.05, 0) is 52.1 Å². The second-order valence-electron chi connectivity index (χ2n) is 9.80. The number of carbonyl (C=O) groups is 2. The fourth-order valence-electron chi connectivity index (χ4n) is 4.69. The summed E-state index contributed by atoms with van der Waals surface area (Å²) in [4.78, 5) is 29.8. The molecule has 1 saturated carbocycles. The van der Waals surface area contributed by atoms with Crippen LogP contribution < -0.4 is 10.1 Å². The Morgan fingerprint density at radius 3 is 2.66 bits per heavy atom. The second-order valence-corrected chi connectivity index (χ2v) is 9.80. The number of fused-ring (bicyclic) bond motifs is 1. The zero-order valence-corrected chi connectivity index (χ0v) is 20.0. The number of benzene rings is 1. The van der Waals surface area contributed by atoms with Crippen LogP contribution in [-0.4, -0.2) is 72.7 Å². The second kappa shape index (κ2) is 11.1. The van der Waals surface area contributed by atoms with Crippen molar-refractivity contribution in [1.82, 2.24) is 9.80 Å². The quantitative estimate of drug-likeness (QED) is 0.704. The summed E-state index contributed by atoms with van der Waals surface area (Å²) in [6, 6.07) is 5.35.